The topological polar surface area (TPSA) is 18.5 Å². The Balaban J connectivity index is 0.000000227. The minimum atomic E-state index is 0. The van der Waals surface area contributed by atoms with Crippen molar-refractivity contribution in [2.24, 2.45) is 11.8 Å². The van der Waals surface area contributed by atoms with Gasteiger partial charge in [0.25, 0.3) is 0 Å². The second-order valence-electron chi connectivity index (χ2n) is 9.65. The van der Waals surface area contributed by atoms with Gasteiger partial charge in [-0.15, -0.1) is 0 Å². The lowest BCUT2D eigenvalue weighted by Gasteiger charge is -2.23. The standard InChI is InChI=1S/C15H28O.C15H16O.H2/c2*1-3-7-14(8-4-1)11-12-16-13-15-9-5-2-6-10-15;/h14-15H,1-13H2;1-10H,11-13H2;1H. The summed E-state index contributed by atoms with van der Waals surface area (Å²) in [4.78, 5) is 0. The van der Waals surface area contributed by atoms with Crippen LogP contribution < -0.4 is 0 Å². The zero-order valence-corrected chi connectivity index (χ0v) is 20.1. The fourth-order valence-electron chi connectivity index (χ4n) is 4.93. The Bertz CT molecular complexity index is 617. The number of rotatable bonds is 10. The van der Waals surface area contributed by atoms with E-state index in [1.54, 1.807) is 0 Å². The van der Waals surface area contributed by atoms with Gasteiger partial charge in [0.05, 0.1) is 13.2 Å². The lowest BCUT2D eigenvalue weighted by atomic mass is 9.87. The molecule has 0 aromatic heterocycles. The van der Waals surface area contributed by atoms with Gasteiger partial charge in [0.2, 0.25) is 0 Å². The molecule has 2 heteroatoms. The summed E-state index contributed by atoms with van der Waals surface area (Å²) in [6, 6.07) is 20.7. The minimum absolute atomic E-state index is 0. The summed E-state index contributed by atoms with van der Waals surface area (Å²) < 4.78 is 11.5. The summed E-state index contributed by atoms with van der Waals surface area (Å²) in [5.41, 5.74) is 2.56. The van der Waals surface area contributed by atoms with E-state index in [4.69, 9.17) is 9.47 Å². The highest BCUT2D eigenvalue weighted by Gasteiger charge is 2.15. The molecule has 2 fully saturated rings. The summed E-state index contributed by atoms with van der Waals surface area (Å²) in [6.45, 7) is 3.56. The highest BCUT2D eigenvalue weighted by Crippen LogP contribution is 2.27. The normalized spacial score (nSPS) is 17.5. The molecule has 0 N–H and O–H groups in total. The fourth-order valence-corrected chi connectivity index (χ4v) is 4.93. The molecule has 2 aromatic carbocycles. The Labute approximate surface area is 198 Å². The van der Waals surface area contributed by atoms with E-state index in [0.717, 1.165) is 38.1 Å². The maximum Gasteiger partial charge on any atom is 0.0717 e. The van der Waals surface area contributed by atoms with Crippen molar-refractivity contribution in [3.63, 3.8) is 0 Å². The van der Waals surface area contributed by atoms with Crippen molar-refractivity contribution in [2.45, 2.75) is 83.7 Å². The first-order chi connectivity index (χ1) is 15.9. The predicted molar refractivity (Wildman–Crippen MR) is 137 cm³/mol. The third-order valence-electron chi connectivity index (χ3n) is 6.96. The van der Waals surface area contributed by atoms with Crippen LogP contribution in [0.15, 0.2) is 60.7 Å². The van der Waals surface area contributed by atoms with E-state index in [1.807, 2.05) is 24.3 Å². The van der Waals surface area contributed by atoms with Crippen molar-refractivity contribution in [1.29, 1.82) is 0 Å². The minimum Gasteiger partial charge on any atom is -0.381 e. The van der Waals surface area contributed by atoms with E-state index in [0.29, 0.717) is 6.61 Å². The predicted octanol–water partition coefficient (Wildman–Crippen LogP) is 8.25. The van der Waals surface area contributed by atoms with E-state index in [2.05, 4.69) is 36.4 Å². The molecule has 0 bridgehead atoms. The molecule has 2 aliphatic carbocycles. The number of hydrogen-bond acceptors (Lipinski definition) is 2. The molecule has 0 unspecified atom stereocenters. The van der Waals surface area contributed by atoms with Crippen molar-refractivity contribution in [1.82, 2.24) is 0 Å². The fraction of sp³-hybridized carbons (Fsp3) is 0.600. The Morgan fingerprint density at radius 3 is 1.78 bits per heavy atom. The van der Waals surface area contributed by atoms with E-state index in [1.165, 1.54) is 81.8 Å². The van der Waals surface area contributed by atoms with Crippen LogP contribution in [0, 0.1) is 11.8 Å². The van der Waals surface area contributed by atoms with Crippen molar-refractivity contribution < 1.29 is 10.9 Å². The summed E-state index contributed by atoms with van der Waals surface area (Å²) in [5, 5.41) is 0. The van der Waals surface area contributed by atoms with Crippen LogP contribution in [0.3, 0.4) is 0 Å². The van der Waals surface area contributed by atoms with E-state index in [9.17, 15) is 0 Å². The largest absolute Gasteiger partial charge is 0.381 e. The van der Waals surface area contributed by atoms with Gasteiger partial charge in [-0.3, -0.25) is 0 Å². The van der Waals surface area contributed by atoms with Gasteiger partial charge in [0.15, 0.2) is 0 Å². The maximum absolute atomic E-state index is 5.88. The van der Waals surface area contributed by atoms with Crippen LogP contribution in [0.5, 0.6) is 0 Å². The Morgan fingerprint density at radius 1 is 0.594 bits per heavy atom. The van der Waals surface area contributed by atoms with Gasteiger partial charge in [-0.1, -0.05) is 112 Å². The van der Waals surface area contributed by atoms with Gasteiger partial charge < -0.3 is 9.47 Å². The van der Waals surface area contributed by atoms with Crippen LogP contribution in [-0.2, 0) is 22.5 Å². The zero-order chi connectivity index (χ0) is 22.1. The highest BCUT2D eigenvalue weighted by molar-refractivity contribution is 5.15. The molecule has 0 spiro atoms. The maximum atomic E-state index is 5.88. The number of benzene rings is 2. The zero-order valence-electron chi connectivity index (χ0n) is 20.1. The summed E-state index contributed by atoms with van der Waals surface area (Å²) in [7, 11) is 0. The lowest BCUT2D eigenvalue weighted by Crippen LogP contribution is -2.15. The van der Waals surface area contributed by atoms with Crippen LogP contribution >= 0.6 is 0 Å². The third-order valence-corrected chi connectivity index (χ3v) is 6.96. The summed E-state index contributed by atoms with van der Waals surface area (Å²) >= 11 is 0. The van der Waals surface area contributed by atoms with E-state index >= 15 is 0 Å². The first kappa shape index (κ1) is 25.0. The molecule has 0 saturated heterocycles. The van der Waals surface area contributed by atoms with Crippen LogP contribution in [0.1, 0.15) is 83.2 Å². The molecule has 2 aliphatic rings. The van der Waals surface area contributed by atoms with Crippen LogP contribution in [0.2, 0.25) is 0 Å². The quantitative estimate of drug-likeness (QED) is 0.348. The van der Waals surface area contributed by atoms with Crippen LogP contribution in [0.25, 0.3) is 0 Å². The second-order valence-corrected chi connectivity index (χ2v) is 9.65. The average Bonchev–Trinajstić information content (AvgIpc) is 2.88. The summed E-state index contributed by atoms with van der Waals surface area (Å²) in [6.07, 6.45) is 16.8. The molecular formula is C30H46O2. The van der Waals surface area contributed by atoms with Crippen LogP contribution in [0.4, 0.5) is 0 Å². The first-order valence-corrected chi connectivity index (χ1v) is 13.1. The molecule has 178 valence electrons. The smallest absolute Gasteiger partial charge is 0.0717 e. The molecule has 0 radical (unpaired) electrons. The van der Waals surface area contributed by atoms with Gasteiger partial charge in [-0.2, -0.15) is 0 Å². The first-order valence-electron chi connectivity index (χ1n) is 13.1. The highest BCUT2D eigenvalue weighted by atomic mass is 16.5. The summed E-state index contributed by atoms with van der Waals surface area (Å²) in [5.74, 6) is 1.88. The average molecular weight is 439 g/mol. The van der Waals surface area contributed by atoms with Gasteiger partial charge in [0, 0.05) is 14.6 Å². The SMILES string of the molecule is C1CCC(CCOCC2CCCCC2)CC1.[HH].c1ccc(CCOCc2ccccc2)cc1. The second kappa shape index (κ2) is 16.0. The Morgan fingerprint density at radius 2 is 1.16 bits per heavy atom. The molecule has 2 saturated carbocycles. The van der Waals surface area contributed by atoms with Crippen molar-refractivity contribution in [3.8, 4) is 0 Å². The van der Waals surface area contributed by atoms with Gasteiger partial charge in [0.1, 0.15) is 0 Å². The molecule has 4 rings (SSSR count). The van der Waals surface area contributed by atoms with Crippen molar-refractivity contribution in [2.75, 3.05) is 19.8 Å². The molecule has 32 heavy (non-hydrogen) atoms. The number of hydrogen-bond donors (Lipinski definition) is 0. The van der Waals surface area contributed by atoms with Gasteiger partial charge in [-0.25, -0.2) is 0 Å². The third kappa shape index (κ3) is 10.8. The molecule has 0 atom stereocenters. The Kier molecular flexibility index (Phi) is 12.5. The molecule has 0 amide bonds. The van der Waals surface area contributed by atoms with Crippen molar-refractivity contribution >= 4 is 0 Å². The van der Waals surface area contributed by atoms with E-state index < -0.39 is 0 Å². The Hall–Kier alpha value is -1.64. The molecule has 0 heterocycles. The molecule has 2 aromatic rings. The number of ether oxygens (including phenoxy) is 2. The molecule has 2 nitrogen and oxygen atoms in total. The van der Waals surface area contributed by atoms with Gasteiger partial charge in [-0.05, 0) is 48.6 Å². The lowest BCUT2D eigenvalue weighted by molar-refractivity contribution is 0.0724. The molecular weight excluding hydrogens is 392 g/mol. The van der Waals surface area contributed by atoms with Crippen molar-refractivity contribution in [3.05, 3.63) is 71.8 Å². The van der Waals surface area contributed by atoms with Gasteiger partial charge >= 0.3 is 0 Å². The van der Waals surface area contributed by atoms with E-state index in [-0.39, 0.29) is 1.43 Å². The van der Waals surface area contributed by atoms with Crippen LogP contribution in [-0.4, -0.2) is 19.8 Å². The monoisotopic (exact) mass is 438 g/mol. The molecule has 0 aliphatic heterocycles.